The molecule has 0 unspecified atom stereocenters. The van der Waals surface area contributed by atoms with Crippen LogP contribution < -0.4 is 5.32 Å². The first-order valence-electron chi connectivity index (χ1n) is 4.68. The summed E-state index contributed by atoms with van der Waals surface area (Å²) in [7, 11) is 0. The topological polar surface area (TPSA) is 89.3 Å². The molecule has 0 atom stereocenters. The number of carbonyl (C=O) groups is 2. The Morgan fingerprint density at radius 1 is 1.41 bits per heavy atom. The van der Waals surface area contributed by atoms with Crippen LogP contribution in [0.1, 0.15) is 17.3 Å². The molecule has 1 N–H and O–H groups in total. The quantitative estimate of drug-likeness (QED) is 0.373. The number of nitro benzene ring substituents is 1. The minimum atomic E-state index is -0.629. The molecule has 0 aliphatic rings. The number of nitro groups is 1. The second kappa shape index (κ2) is 5.02. The smallest absolute Gasteiger partial charge is 0.272 e. The largest absolute Gasteiger partial charge is 0.322 e. The van der Waals surface area contributed by atoms with E-state index < -0.39 is 10.8 Å². The standard InChI is InChI=1S/C11H10N2O4/c1-3-11(15)12-9-4-8(7(2)14)5-10(6-9)13(16)17/h3-6H,1H2,2H3,(H,12,15). The van der Waals surface area contributed by atoms with E-state index >= 15 is 0 Å². The Kier molecular flexibility index (Phi) is 3.71. The number of non-ortho nitro benzene ring substituents is 1. The number of ketones is 1. The third kappa shape index (κ3) is 3.23. The van der Waals surface area contributed by atoms with Gasteiger partial charge in [-0.3, -0.25) is 19.7 Å². The van der Waals surface area contributed by atoms with Gasteiger partial charge < -0.3 is 5.32 Å². The van der Waals surface area contributed by atoms with Crippen LogP contribution in [0.15, 0.2) is 30.9 Å². The molecule has 0 saturated carbocycles. The number of carbonyl (C=O) groups excluding carboxylic acids is 2. The highest BCUT2D eigenvalue weighted by Crippen LogP contribution is 2.21. The van der Waals surface area contributed by atoms with Crippen LogP contribution in [0.2, 0.25) is 0 Å². The van der Waals surface area contributed by atoms with Crippen LogP contribution in [0.5, 0.6) is 0 Å². The van der Waals surface area contributed by atoms with Crippen LogP contribution in [0.4, 0.5) is 11.4 Å². The highest BCUT2D eigenvalue weighted by molar-refractivity contribution is 6.01. The first-order chi connectivity index (χ1) is 7.93. The van der Waals surface area contributed by atoms with Gasteiger partial charge in [-0.2, -0.15) is 0 Å². The normalized spacial score (nSPS) is 9.47. The Morgan fingerprint density at radius 3 is 2.53 bits per heavy atom. The van der Waals surface area contributed by atoms with E-state index in [0.717, 1.165) is 12.1 Å². The van der Waals surface area contributed by atoms with Gasteiger partial charge in [0.1, 0.15) is 0 Å². The fraction of sp³-hybridized carbons (Fsp3) is 0.0909. The zero-order valence-corrected chi connectivity index (χ0v) is 9.10. The molecule has 0 aromatic heterocycles. The molecule has 88 valence electrons. The van der Waals surface area contributed by atoms with Gasteiger partial charge in [-0.1, -0.05) is 6.58 Å². The van der Waals surface area contributed by atoms with Crippen LogP contribution >= 0.6 is 0 Å². The molecule has 1 aromatic rings. The molecule has 6 heteroatoms. The van der Waals surface area contributed by atoms with Crippen LogP contribution in [0.3, 0.4) is 0 Å². The molecule has 6 nitrogen and oxygen atoms in total. The SMILES string of the molecule is C=CC(=O)Nc1cc(C(C)=O)cc([N+](=O)[O-])c1. The van der Waals surface area contributed by atoms with Crippen molar-refractivity contribution in [3.8, 4) is 0 Å². The number of anilines is 1. The van der Waals surface area contributed by atoms with E-state index in [1.165, 1.54) is 19.1 Å². The van der Waals surface area contributed by atoms with Crippen molar-refractivity contribution in [2.75, 3.05) is 5.32 Å². The predicted octanol–water partition coefficient (Wildman–Crippen LogP) is 1.92. The van der Waals surface area contributed by atoms with E-state index in [9.17, 15) is 19.7 Å². The Balaban J connectivity index is 3.21. The van der Waals surface area contributed by atoms with Crippen molar-refractivity contribution in [3.05, 3.63) is 46.5 Å². The summed E-state index contributed by atoms with van der Waals surface area (Å²) in [5.74, 6) is -0.817. The molecule has 0 heterocycles. The molecule has 1 aromatic carbocycles. The summed E-state index contributed by atoms with van der Waals surface area (Å²) < 4.78 is 0. The van der Waals surface area contributed by atoms with Crippen LogP contribution in [-0.2, 0) is 4.79 Å². The second-order valence-electron chi connectivity index (χ2n) is 3.28. The summed E-state index contributed by atoms with van der Waals surface area (Å²) in [5, 5.41) is 13.0. The van der Waals surface area contributed by atoms with E-state index in [4.69, 9.17) is 0 Å². The fourth-order valence-electron chi connectivity index (χ4n) is 1.19. The predicted molar refractivity (Wildman–Crippen MR) is 61.9 cm³/mol. The lowest BCUT2D eigenvalue weighted by Gasteiger charge is -2.04. The number of nitrogens with one attached hydrogen (secondary N) is 1. The molecule has 1 amide bonds. The monoisotopic (exact) mass is 234 g/mol. The van der Waals surface area contributed by atoms with Gasteiger partial charge in [-0.05, 0) is 19.1 Å². The van der Waals surface area contributed by atoms with Gasteiger partial charge in [-0.25, -0.2) is 0 Å². The summed E-state index contributed by atoms with van der Waals surface area (Å²) in [5.41, 5.74) is 0.102. The lowest BCUT2D eigenvalue weighted by Crippen LogP contribution is -2.08. The van der Waals surface area contributed by atoms with E-state index in [-0.39, 0.29) is 22.7 Å². The summed E-state index contributed by atoms with van der Waals surface area (Å²) >= 11 is 0. The Bertz CT molecular complexity index is 476. The zero-order valence-electron chi connectivity index (χ0n) is 9.10. The molecule has 0 spiro atoms. The summed E-state index contributed by atoms with van der Waals surface area (Å²) in [6.45, 7) is 4.55. The highest BCUT2D eigenvalue weighted by atomic mass is 16.6. The number of benzene rings is 1. The summed E-state index contributed by atoms with van der Waals surface area (Å²) in [6, 6.07) is 3.70. The molecule has 17 heavy (non-hydrogen) atoms. The van der Waals surface area contributed by atoms with Gasteiger partial charge in [0.15, 0.2) is 5.78 Å². The maximum absolute atomic E-state index is 11.2. The van der Waals surface area contributed by atoms with Crippen molar-refractivity contribution < 1.29 is 14.5 Å². The molecule has 0 radical (unpaired) electrons. The number of hydrogen-bond acceptors (Lipinski definition) is 4. The Labute approximate surface area is 97.1 Å². The van der Waals surface area contributed by atoms with Crippen LogP contribution in [0, 0.1) is 10.1 Å². The van der Waals surface area contributed by atoms with Crippen LogP contribution in [0.25, 0.3) is 0 Å². The fourth-order valence-corrected chi connectivity index (χ4v) is 1.19. The van der Waals surface area contributed by atoms with Crippen molar-refractivity contribution in [3.63, 3.8) is 0 Å². The number of nitrogens with zero attached hydrogens (tertiary/aromatic N) is 1. The third-order valence-electron chi connectivity index (χ3n) is 1.99. The Morgan fingerprint density at radius 2 is 2.06 bits per heavy atom. The molecule has 0 aliphatic heterocycles. The maximum Gasteiger partial charge on any atom is 0.272 e. The number of hydrogen-bond donors (Lipinski definition) is 1. The van der Waals surface area contributed by atoms with Gasteiger partial charge in [0.05, 0.1) is 4.92 Å². The van der Waals surface area contributed by atoms with Crippen molar-refractivity contribution >= 4 is 23.1 Å². The number of rotatable bonds is 4. The van der Waals surface area contributed by atoms with Gasteiger partial charge in [-0.15, -0.1) is 0 Å². The third-order valence-corrected chi connectivity index (χ3v) is 1.99. The number of Topliss-reactive ketones (excluding diaryl/α,β-unsaturated/α-hetero) is 1. The summed E-state index contributed by atoms with van der Waals surface area (Å²) in [6.07, 6.45) is 1.03. The highest BCUT2D eigenvalue weighted by Gasteiger charge is 2.12. The van der Waals surface area contributed by atoms with Crippen LogP contribution in [-0.4, -0.2) is 16.6 Å². The zero-order chi connectivity index (χ0) is 13.0. The minimum absolute atomic E-state index is 0.165. The molecule has 0 aliphatic carbocycles. The average Bonchev–Trinajstić information content (AvgIpc) is 2.28. The Hall–Kier alpha value is -2.50. The van der Waals surface area contributed by atoms with E-state index in [0.29, 0.717) is 0 Å². The van der Waals surface area contributed by atoms with Gasteiger partial charge >= 0.3 is 0 Å². The number of amides is 1. The lowest BCUT2D eigenvalue weighted by atomic mass is 10.1. The second-order valence-corrected chi connectivity index (χ2v) is 3.28. The van der Waals surface area contributed by atoms with Crippen molar-refractivity contribution in [2.45, 2.75) is 6.92 Å². The first-order valence-corrected chi connectivity index (χ1v) is 4.68. The van der Waals surface area contributed by atoms with Gasteiger partial charge in [0.2, 0.25) is 5.91 Å². The molecule has 0 bridgehead atoms. The lowest BCUT2D eigenvalue weighted by molar-refractivity contribution is -0.384. The average molecular weight is 234 g/mol. The van der Waals surface area contributed by atoms with E-state index in [1.54, 1.807) is 0 Å². The molecule has 0 fully saturated rings. The van der Waals surface area contributed by atoms with Gasteiger partial charge in [0, 0.05) is 23.4 Å². The maximum atomic E-state index is 11.2. The van der Waals surface area contributed by atoms with E-state index in [1.807, 2.05) is 0 Å². The summed E-state index contributed by atoms with van der Waals surface area (Å²) in [4.78, 5) is 32.2. The van der Waals surface area contributed by atoms with Crippen molar-refractivity contribution in [2.24, 2.45) is 0 Å². The molecular weight excluding hydrogens is 224 g/mol. The molecular formula is C11H10N2O4. The van der Waals surface area contributed by atoms with Crippen molar-refractivity contribution in [1.29, 1.82) is 0 Å². The van der Waals surface area contributed by atoms with E-state index in [2.05, 4.69) is 11.9 Å². The van der Waals surface area contributed by atoms with Gasteiger partial charge in [0.25, 0.3) is 5.69 Å². The molecule has 1 rings (SSSR count). The van der Waals surface area contributed by atoms with Crippen molar-refractivity contribution in [1.82, 2.24) is 0 Å². The molecule has 0 saturated heterocycles. The first kappa shape index (κ1) is 12.6. The minimum Gasteiger partial charge on any atom is -0.322 e.